The van der Waals surface area contributed by atoms with E-state index in [9.17, 15) is 4.79 Å². The van der Waals surface area contributed by atoms with Crippen LogP contribution in [0.4, 0.5) is 0 Å². The highest BCUT2D eigenvalue weighted by Crippen LogP contribution is 2.29. The molecule has 156 valence electrons. The van der Waals surface area contributed by atoms with Gasteiger partial charge < -0.3 is 14.2 Å². The fraction of sp³-hybridized carbons (Fsp3) is 0.391. The fourth-order valence-corrected chi connectivity index (χ4v) is 2.74. The molecule has 2 aromatic carbocycles. The maximum absolute atomic E-state index is 10.9. The lowest BCUT2D eigenvalue weighted by molar-refractivity contribution is -0.118. The van der Waals surface area contributed by atoms with Crippen LogP contribution in [0.5, 0.6) is 17.2 Å². The van der Waals surface area contributed by atoms with Crippen LogP contribution in [0.25, 0.3) is 0 Å². The van der Waals surface area contributed by atoms with Crippen molar-refractivity contribution >= 4 is 12.1 Å². The second-order valence-electron chi connectivity index (χ2n) is 6.73. The number of hydrogen-bond donors (Lipinski definition) is 1. The maximum atomic E-state index is 10.9. The molecule has 0 spiro atoms. The van der Waals surface area contributed by atoms with Crippen LogP contribution < -0.4 is 19.6 Å². The van der Waals surface area contributed by atoms with Gasteiger partial charge in [0.15, 0.2) is 11.5 Å². The van der Waals surface area contributed by atoms with Gasteiger partial charge in [-0.05, 0) is 47.7 Å². The second-order valence-corrected chi connectivity index (χ2v) is 6.73. The Labute approximate surface area is 172 Å². The van der Waals surface area contributed by atoms with E-state index in [1.54, 1.807) is 19.4 Å². The van der Waals surface area contributed by atoms with Crippen molar-refractivity contribution in [3.8, 4) is 17.2 Å². The number of ether oxygens (including phenoxy) is 3. The molecule has 0 aliphatic heterocycles. The molecule has 0 radical (unpaired) electrons. The molecule has 0 fully saturated rings. The zero-order valence-electron chi connectivity index (χ0n) is 17.6. The van der Waals surface area contributed by atoms with Gasteiger partial charge in [0, 0.05) is 13.3 Å². The Hall–Kier alpha value is -3.02. The number of carbonyl (C=O) groups is 1. The van der Waals surface area contributed by atoms with E-state index < -0.39 is 0 Å². The van der Waals surface area contributed by atoms with Crippen molar-refractivity contribution in [1.29, 1.82) is 0 Å². The Morgan fingerprint density at radius 2 is 1.83 bits per heavy atom. The van der Waals surface area contributed by atoms with E-state index in [2.05, 4.69) is 30.4 Å². The Balaban J connectivity index is 1.85. The highest BCUT2D eigenvalue weighted by Gasteiger charge is 2.09. The SMILES string of the molecule is CCC(C)c1ccccc1OCCCOc1ccc(/C=N/NC(C)=O)cc1OC. The van der Waals surface area contributed by atoms with Crippen molar-refractivity contribution in [2.45, 2.75) is 39.5 Å². The smallest absolute Gasteiger partial charge is 0.236 e. The molecule has 6 heteroatoms. The molecule has 0 saturated heterocycles. The summed E-state index contributed by atoms with van der Waals surface area (Å²) in [4.78, 5) is 10.9. The summed E-state index contributed by atoms with van der Waals surface area (Å²) >= 11 is 0. The number of nitrogens with one attached hydrogen (secondary N) is 1. The van der Waals surface area contributed by atoms with Crippen LogP contribution in [-0.2, 0) is 4.79 Å². The minimum absolute atomic E-state index is 0.220. The molecule has 1 unspecified atom stereocenters. The Bertz CT molecular complexity index is 820. The van der Waals surface area contributed by atoms with Crippen molar-refractivity contribution in [2.75, 3.05) is 20.3 Å². The molecular formula is C23H30N2O4. The number of hydrazone groups is 1. The topological polar surface area (TPSA) is 69.2 Å². The van der Waals surface area contributed by atoms with Crippen LogP contribution in [0, 0.1) is 0 Å². The number of para-hydroxylation sites is 1. The van der Waals surface area contributed by atoms with Crippen LogP contribution in [0.2, 0.25) is 0 Å². The highest BCUT2D eigenvalue weighted by molar-refractivity contribution is 5.82. The standard InChI is InChI=1S/C23H30N2O4/c1-5-17(2)20-9-6-7-10-21(20)28-13-8-14-29-22-12-11-19(15-23(22)27-4)16-24-25-18(3)26/h6-7,9-12,15-17H,5,8,13-14H2,1-4H3,(H,25,26)/b24-16+. The highest BCUT2D eigenvalue weighted by atomic mass is 16.5. The van der Waals surface area contributed by atoms with Crippen molar-refractivity contribution in [2.24, 2.45) is 5.10 Å². The van der Waals surface area contributed by atoms with E-state index >= 15 is 0 Å². The van der Waals surface area contributed by atoms with Crippen molar-refractivity contribution in [1.82, 2.24) is 5.43 Å². The van der Waals surface area contributed by atoms with E-state index in [1.807, 2.05) is 30.3 Å². The molecule has 0 heterocycles. The summed E-state index contributed by atoms with van der Waals surface area (Å²) in [7, 11) is 1.59. The molecule has 0 aliphatic rings. The lowest BCUT2D eigenvalue weighted by Crippen LogP contribution is -2.12. The molecule has 1 amide bonds. The molecule has 1 N–H and O–H groups in total. The second kappa shape index (κ2) is 11.7. The molecule has 29 heavy (non-hydrogen) atoms. The number of hydrogen-bond acceptors (Lipinski definition) is 5. The summed E-state index contributed by atoms with van der Waals surface area (Å²) in [6.45, 7) is 6.89. The molecule has 1 atom stereocenters. The Kier molecular flexibility index (Phi) is 9.02. The Morgan fingerprint density at radius 3 is 2.52 bits per heavy atom. The largest absolute Gasteiger partial charge is 0.493 e. The summed E-state index contributed by atoms with van der Waals surface area (Å²) in [5.74, 6) is 2.47. The van der Waals surface area contributed by atoms with Gasteiger partial charge in [0.05, 0.1) is 26.5 Å². The molecular weight excluding hydrogens is 368 g/mol. The van der Waals surface area contributed by atoms with Gasteiger partial charge in [0.1, 0.15) is 5.75 Å². The first-order valence-electron chi connectivity index (χ1n) is 9.87. The van der Waals surface area contributed by atoms with Gasteiger partial charge in [0.25, 0.3) is 0 Å². The minimum atomic E-state index is -0.220. The average molecular weight is 399 g/mol. The zero-order chi connectivity index (χ0) is 21.1. The summed E-state index contributed by atoms with van der Waals surface area (Å²) in [5, 5.41) is 3.85. The van der Waals surface area contributed by atoms with Gasteiger partial charge in [-0.2, -0.15) is 5.10 Å². The third-order valence-electron chi connectivity index (χ3n) is 4.49. The molecule has 0 bridgehead atoms. The number of carbonyl (C=O) groups excluding carboxylic acids is 1. The van der Waals surface area contributed by atoms with Crippen LogP contribution in [0.1, 0.15) is 50.7 Å². The first kappa shape index (κ1) is 22.3. The first-order valence-corrected chi connectivity index (χ1v) is 9.87. The summed E-state index contributed by atoms with van der Waals surface area (Å²) in [5.41, 5.74) is 4.41. The first-order chi connectivity index (χ1) is 14.0. The molecule has 6 nitrogen and oxygen atoms in total. The van der Waals surface area contributed by atoms with Gasteiger partial charge >= 0.3 is 0 Å². The van der Waals surface area contributed by atoms with Gasteiger partial charge in [-0.15, -0.1) is 0 Å². The number of nitrogens with zero attached hydrogens (tertiary/aromatic N) is 1. The monoisotopic (exact) mass is 398 g/mol. The van der Waals surface area contributed by atoms with Crippen LogP contribution in [-0.4, -0.2) is 32.4 Å². The number of benzene rings is 2. The number of methoxy groups -OCH3 is 1. The van der Waals surface area contributed by atoms with Crippen molar-refractivity contribution < 1.29 is 19.0 Å². The molecule has 0 aromatic heterocycles. The lowest BCUT2D eigenvalue weighted by atomic mass is 9.98. The molecule has 0 saturated carbocycles. The predicted molar refractivity (Wildman–Crippen MR) is 115 cm³/mol. The minimum Gasteiger partial charge on any atom is -0.493 e. The van der Waals surface area contributed by atoms with Gasteiger partial charge in [-0.25, -0.2) is 5.43 Å². The fourth-order valence-electron chi connectivity index (χ4n) is 2.74. The van der Waals surface area contributed by atoms with Crippen molar-refractivity contribution in [3.05, 3.63) is 53.6 Å². The molecule has 2 aromatic rings. The van der Waals surface area contributed by atoms with Crippen LogP contribution >= 0.6 is 0 Å². The summed E-state index contributed by atoms with van der Waals surface area (Å²) in [6, 6.07) is 13.7. The van der Waals surface area contributed by atoms with Gasteiger partial charge in [-0.1, -0.05) is 32.0 Å². The van der Waals surface area contributed by atoms with E-state index in [-0.39, 0.29) is 5.91 Å². The normalized spacial score (nSPS) is 11.9. The number of rotatable bonds is 11. The van der Waals surface area contributed by atoms with Gasteiger partial charge in [0.2, 0.25) is 5.91 Å². The van der Waals surface area contributed by atoms with Gasteiger partial charge in [-0.3, -0.25) is 4.79 Å². The van der Waals surface area contributed by atoms with E-state index in [4.69, 9.17) is 14.2 Å². The zero-order valence-corrected chi connectivity index (χ0v) is 17.6. The van der Waals surface area contributed by atoms with E-state index in [0.717, 1.165) is 24.2 Å². The average Bonchev–Trinajstić information content (AvgIpc) is 2.73. The lowest BCUT2D eigenvalue weighted by Gasteiger charge is -2.16. The maximum Gasteiger partial charge on any atom is 0.236 e. The van der Waals surface area contributed by atoms with E-state index in [0.29, 0.717) is 30.6 Å². The summed E-state index contributed by atoms with van der Waals surface area (Å²) < 4.78 is 17.2. The van der Waals surface area contributed by atoms with E-state index in [1.165, 1.54) is 12.5 Å². The Morgan fingerprint density at radius 1 is 1.10 bits per heavy atom. The van der Waals surface area contributed by atoms with Crippen LogP contribution in [0.3, 0.4) is 0 Å². The predicted octanol–water partition coefficient (Wildman–Crippen LogP) is 4.53. The van der Waals surface area contributed by atoms with Crippen molar-refractivity contribution in [3.63, 3.8) is 0 Å². The third-order valence-corrected chi connectivity index (χ3v) is 4.49. The number of amides is 1. The summed E-state index contributed by atoms with van der Waals surface area (Å²) in [6.07, 6.45) is 3.38. The molecule has 2 rings (SSSR count). The third kappa shape index (κ3) is 7.14. The van der Waals surface area contributed by atoms with Crippen LogP contribution in [0.15, 0.2) is 47.6 Å². The quantitative estimate of drug-likeness (QED) is 0.343. The molecule has 0 aliphatic carbocycles.